The number of alkyl halides is 2. The molecule has 1 aliphatic heterocycles. The Morgan fingerprint density at radius 2 is 1.89 bits per heavy atom. The van der Waals surface area contributed by atoms with Crippen molar-refractivity contribution >= 4 is 11.7 Å². The van der Waals surface area contributed by atoms with Gasteiger partial charge in [-0.25, -0.2) is 8.78 Å². The van der Waals surface area contributed by atoms with Crippen LogP contribution in [0.15, 0.2) is 12.1 Å². The zero-order valence-corrected chi connectivity index (χ0v) is 10.9. The third-order valence-electron chi connectivity index (χ3n) is 3.09. The lowest BCUT2D eigenvalue weighted by molar-refractivity contribution is -0.0221. The second-order valence-corrected chi connectivity index (χ2v) is 4.82. The normalized spacial score (nSPS) is 18.2. The molecule has 0 atom stereocenters. The summed E-state index contributed by atoms with van der Waals surface area (Å²) in [5.74, 6) is -2.28. The van der Waals surface area contributed by atoms with Crippen LogP contribution in [0.3, 0.4) is 0 Å². The largest absolute Gasteiger partial charge is 0.355 e. The number of hydrogen-bond donors (Lipinski definition) is 0. The van der Waals surface area contributed by atoms with Crippen LogP contribution in [-0.4, -0.2) is 54.1 Å². The third-order valence-corrected chi connectivity index (χ3v) is 3.09. The molecule has 0 unspecified atom stereocenters. The highest BCUT2D eigenvalue weighted by Crippen LogP contribution is 2.29. The zero-order valence-electron chi connectivity index (χ0n) is 10.9. The molecule has 5 nitrogen and oxygen atoms in total. The first-order chi connectivity index (χ1) is 8.89. The minimum atomic E-state index is -2.58. The van der Waals surface area contributed by atoms with Crippen LogP contribution in [-0.2, 0) is 0 Å². The number of carbonyl (C=O) groups is 1. The van der Waals surface area contributed by atoms with Gasteiger partial charge in [-0.05, 0) is 12.1 Å². The van der Waals surface area contributed by atoms with Crippen LogP contribution in [0.5, 0.6) is 0 Å². The lowest BCUT2D eigenvalue weighted by Crippen LogP contribution is -2.39. The van der Waals surface area contributed by atoms with Crippen molar-refractivity contribution in [3.63, 3.8) is 0 Å². The first kappa shape index (κ1) is 13.6. The van der Waals surface area contributed by atoms with Gasteiger partial charge < -0.3 is 9.80 Å². The number of piperidine rings is 1. The fourth-order valence-corrected chi connectivity index (χ4v) is 1.90. The fraction of sp³-hybridized carbons (Fsp3) is 0.583. The number of anilines is 1. The number of carbonyl (C=O) groups excluding carboxylic acids is 1. The van der Waals surface area contributed by atoms with Gasteiger partial charge in [0.05, 0.1) is 0 Å². The molecule has 1 fully saturated rings. The van der Waals surface area contributed by atoms with Crippen LogP contribution >= 0.6 is 0 Å². The second kappa shape index (κ2) is 5.07. The lowest BCUT2D eigenvalue weighted by Gasteiger charge is -2.32. The predicted octanol–water partition coefficient (Wildman–Crippen LogP) is 1.41. The van der Waals surface area contributed by atoms with E-state index in [1.54, 1.807) is 31.1 Å². The van der Waals surface area contributed by atoms with Gasteiger partial charge >= 0.3 is 0 Å². The zero-order chi connectivity index (χ0) is 14.0. The van der Waals surface area contributed by atoms with Gasteiger partial charge in [0.2, 0.25) is 0 Å². The summed E-state index contributed by atoms with van der Waals surface area (Å²) < 4.78 is 26.1. The molecule has 0 saturated carbocycles. The molecule has 2 heterocycles. The van der Waals surface area contributed by atoms with Gasteiger partial charge in [0.1, 0.15) is 0 Å². The Hall–Kier alpha value is -1.79. The van der Waals surface area contributed by atoms with Crippen molar-refractivity contribution < 1.29 is 13.6 Å². The molecular weight excluding hydrogens is 254 g/mol. The smallest absolute Gasteiger partial charge is 0.273 e. The van der Waals surface area contributed by atoms with Crippen molar-refractivity contribution in [3.8, 4) is 0 Å². The molecule has 104 valence electrons. The predicted molar refractivity (Wildman–Crippen MR) is 66.4 cm³/mol. The van der Waals surface area contributed by atoms with E-state index in [0.29, 0.717) is 5.82 Å². The molecule has 1 aromatic heterocycles. The molecule has 1 amide bonds. The van der Waals surface area contributed by atoms with Gasteiger partial charge in [-0.1, -0.05) is 0 Å². The van der Waals surface area contributed by atoms with Crippen LogP contribution < -0.4 is 4.90 Å². The molecule has 1 aliphatic rings. The highest BCUT2D eigenvalue weighted by Gasteiger charge is 2.34. The molecule has 0 radical (unpaired) electrons. The molecule has 0 aliphatic carbocycles. The maximum Gasteiger partial charge on any atom is 0.273 e. The molecule has 0 N–H and O–H groups in total. The summed E-state index contributed by atoms with van der Waals surface area (Å²) in [6, 6.07) is 3.21. The van der Waals surface area contributed by atoms with Crippen molar-refractivity contribution in [2.24, 2.45) is 0 Å². The average molecular weight is 270 g/mol. The van der Waals surface area contributed by atoms with Crippen molar-refractivity contribution in [3.05, 3.63) is 17.8 Å². The van der Waals surface area contributed by atoms with Crippen LogP contribution in [0.2, 0.25) is 0 Å². The first-order valence-corrected chi connectivity index (χ1v) is 6.07. The topological polar surface area (TPSA) is 49.3 Å². The summed E-state index contributed by atoms with van der Waals surface area (Å²) >= 11 is 0. The lowest BCUT2D eigenvalue weighted by atomic mass is 10.1. The summed E-state index contributed by atoms with van der Waals surface area (Å²) in [7, 11) is 3.26. The van der Waals surface area contributed by atoms with E-state index in [1.165, 1.54) is 4.90 Å². The average Bonchev–Trinajstić information content (AvgIpc) is 2.38. The number of aromatic nitrogens is 2. The number of rotatable bonds is 2. The van der Waals surface area contributed by atoms with Gasteiger partial charge in [-0.3, -0.25) is 4.79 Å². The standard InChI is InChI=1S/C12H16F2N4O/c1-17(2)11(19)9-3-4-10(16-15-9)18-7-5-12(13,14)6-8-18/h3-4H,5-8H2,1-2H3. The molecule has 0 bridgehead atoms. The summed E-state index contributed by atoms with van der Waals surface area (Å²) in [6.07, 6.45) is -0.347. The Morgan fingerprint density at radius 1 is 1.26 bits per heavy atom. The Kier molecular flexibility index (Phi) is 3.64. The number of amides is 1. The summed E-state index contributed by atoms with van der Waals surface area (Å²) in [5, 5.41) is 7.78. The Morgan fingerprint density at radius 3 is 2.37 bits per heavy atom. The molecule has 19 heavy (non-hydrogen) atoms. The van der Waals surface area contributed by atoms with Crippen LogP contribution in [0.25, 0.3) is 0 Å². The minimum Gasteiger partial charge on any atom is -0.355 e. The monoisotopic (exact) mass is 270 g/mol. The van der Waals surface area contributed by atoms with Crippen LogP contribution in [0, 0.1) is 0 Å². The Bertz CT molecular complexity index is 451. The number of hydrogen-bond acceptors (Lipinski definition) is 4. The van der Waals surface area contributed by atoms with Gasteiger partial charge in [0.25, 0.3) is 11.8 Å². The van der Waals surface area contributed by atoms with E-state index in [0.717, 1.165) is 0 Å². The van der Waals surface area contributed by atoms with Gasteiger partial charge in [-0.2, -0.15) is 0 Å². The molecule has 2 rings (SSSR count). The number of halogens is 2. The summed E-state index contributed by atoms with van der Waals surface area (Å²) in [4.78, 5) is 14.8. The summed E-state index contributed by atoms with van der Waals surface area (Å²) in [6.45, 7) is 0.505. The van der Waals surface area contributed by atoms with E-state index in [9.17, 15) is 13.6 Å². The van der Waals surface area contributed by atoms with Crippen molar-refractivity contribution in [2.75, 3.05) is 32.1 Å². The first-order valence-electron chi connectivity index (χ1n) is 6.07. The molecular formula is C12H16F2N4O. The Labute approximate surface area is 110 Å². The SMILES string of the molecule is CN(C)C(=O)c1ccc(N2CCC(F)(F)CC2)nn1. The maximum absolute atomic E-state index is 13.0. The maximum atomic E-state index is 13.0. The van der Waals surface area contributed by atoms with E-state index in [-0.39, 0.29) is 37.5 Å². The van der Waals surface area contributed by atoms with E-state index < -0.39 is 5.92 Å². The van der Waals surface area contributed by atoms with E-state index in [2.05, 4.69) is 10.2 Å². The third kappa shape index (κ3) is 3.15. The molecule has 1 saturated heterocycles. The van der Waals surface area contributed by atoms with Gasteiger partial charge in [0, 0.05) is 40.0 Å². The second-order valence-electron chi connectivity index (χ2n) is 4.82. The Balaban J connectivity index is 2.05. The van der Waals surface area contributed by atoms with E-state index in [4.69, 9.17) is 0 Å². The summed E-state index contributed by atoms with van der Waals surface area (Å²) in [5.41, 5.74) is 0.246. The minimum absolute atomic E-state index is 0.174. The molecule has 1 aromatic rings. The van der Waals surface area contributed by atoms with Crippen molar-refractivity contribution in [2.45, 2.75) is 18.8 Å². The van der Waals surface area contributed by atoms with Crippen molar-refractivity contribution in [1.82, 2.24) is 15.1 Å². The highest BCUT2D eigenvalue weighted by molar-refractivity contribution is 5.91. The van der Waals surface area contributed by atoms with Gasteiger partial charge in [0.15, 0.2) is 11.5 Å². The quantitative estimate of drug-likeness (QED) is 0.815. The van der Waals surface area contributed by atoms with Crippen molar-refractivity contribution in [1.29, 1.82) is 0 Å². The fourth-order valence-electron chi connectivity index (χ4n) is 1.90. The molecule has 0 aromatic carbocycles. The van der Waals surface area contributed by atoms with Crippen LogP contribution in [0.4, 0.5) is 14.6 Å². The molecule has 0 spiro atoms. The number of nitrogens with zero attached hydrogens (tertiary/aromatic N) is 4. The van der Waals surface area contributed by atoms with E-state index >= 15 is 0 Å². The highest BCUT2D eigenvalue weighted by atomic mass is 19.3. The van der Waals surface area contributed by atoms with Gasteiger partial charge in [-0.15, -0.1) is 10.2 Å². The van der Waals surface area contributed by atoms with E-state index in [1.807, 2.05) is 0 Å². The van der Waals surface area contributed by atoms with Crippen LogP contribution in [0.1, 0.15) is 23.3 Å². The molecule has 7 heteroatoms.